The first-order valence-electron chi connectivity index (χ1n) is 6.48. The summed E-state index contributed by atoms with van der Waals surface area (Å²) in [5.74, 6) is 0.814. The minimum atomic E-state index is 0.724. The molecule has 0 rings (SSSR count). The first-order chi connectivity index (χ1) is 7.07. The summed E-state index contributed by atoms with van der Waals surface area (Å²) in [5.41, 5.74) is 0. The van der Waals surface area contributed by atoms with Gasteiger partial charge in [0.25, 0.3) is 0 Å². The van der Waals surface area contributed by atoms with E-state index in [9.17, 15) is 0 Å². The maximum Gasteiger partial charge on any atom is 0.0107 e. The molecule has 1 unspecified atom stereocenters. The van der Waals surface area contributed by atoms with E-state index in [1.54, 1.807) is 0 Å². The van der Waals surface area contributed by atoms with Crippen LogP contribution in [0.25, 0.3) is 0 Å². The zero-order chi connectivity index (χ0) is 11.7. The Bertz CT molecular complexity index is 134. The van der Waals surface area contributed by atoms with Crippen molar-refractivity contribution >= 4 is 0 Å². The van der Waals surface area contributed by atoms with Crippen molar-refractivity contribution in [1.29, 1.82) is 0 Å². The Morgan fingerprint density at radius 1 is 1.07 bits per heavy atom. The smallest absolute Gasteiger partial charge is 0.0107 e. The van der Waals surface area contributed by atoms with Crippen molar-refractivity contribution in [3.63, 3.8) is 0 Å². The third-order valence-electron chi connectivity index (χ3n) is 3.00. The molecular formula is C13H30N2. The molecule has 0 aromatic heterocycles. The van der Waals surface area contributed by atoms with Crippen molar-refractivity contribution in [3.8, 4) is 0 Å². The van der Waals surface area contributed by atoms with Gasteiger partial charge in [-0.1, -0.05) is 27.2 Å². The lowest BCUT2D eigenvalue weighted by Crippen LogP contribution is -2.35. The fourth-order valence-corrected chi connectivity index (χ4v) is 1.63. The Morgan fingerprint density at radius 2 is 1.73 bits per heavy atom. The average Bonchev–Trinajstić information content (AvgIpc) is 2.16. The Balaban J connectivity index is 3.34. The van der Waals surface area contributed by atoms with E-state index < -0.39 is 0 Å². The van der Waals surface area contributed by atoms with Gasteiger partial charge < -0.3 is 10.2 Å². The normalized spacial score (nSPS) is 13.8. The number of nitrogens with zero attached hydrogens (tertiary/aromatic N) is 1. The van der Waals surface area contributed by atoms with E-state index in [2.05, 4.69) is 45.0 Å². The Hall–Kier alpha value is -0.0800. The van der Waals surface area contributed by atoms with Crippen LogP contribution in [0.1, 0.15) is 47.0 Å². The zero-order valence-corrected chi connectivity index (χ0v) is 11.3. The summed E-state index contributed by atoms with van der Waals surface area (Å²) in [6.07, 6.45) is 3.88. The number of hydrogen-bond acceptors (Lipinski definition) is 2. The zero-order valence-electron chi connectivity index (χ0n) is 11.3. The van der Waals surface area contributed by atoms with Crippen molar-refractivity contribution in [2.45, 2.75) is 53.0 Å². The lowest BCUT2D eigenvalue weighted by Gasteiger charge is -2.24. The van der Waals surface area contributed by atoms with Crippen LogP contribution in [0, 0.1) is 5.92 Å². The van der Waals surface area contributed by atoms with Crippen LogP contribution < -0.4 is 5.32 Å². The second-order valence-electron chi connectivity index (χ2n) is 5.05. The highest BCUT2D eigenvalue weighted by Crippen LogP contribution is 2.02. The molecule has 0 bridgehead atoms. The minimum absolute atomic E-state index is 0.724. The van der Waals surface area contributed by atoms with Crippen LogP contribution in [0.3, 0.4) is 0 Å². The summed E-state index contributed by atoms with van der Waals surface area (Å²) >= 11 is 0. The maximum absolute atomic E-state index is 3.50. The lowest BCUT2D eigenvalue weighted by molar-refractivity contribution is 0.244. The Morgan fingerprint density at radius 3 is 2.27 bits per heavy atom. The molecule has 92 valence electrons. The first-order valence-corrected chi connectivity index (χ1v) is 6.48. The molecule has 0 aromatic rings. The SMILES string of the molecule is CCCC(C)N(C)CCNCCC(C)C. The first kappa shape index (κ1) is 14.9. The molecule has 2 heteroatoms. The number of likely N-dealkylation sites (N-methyl/N-ethyl adjacent to an activating group) is 1. The molecule has 1 N–H and O–H groups in total. The predicted octanol–water partition coefficient (Wildman–Crippen LogP) is 2.74. The standard InChI is InChI=1S/C13H30N2/c1-6-7-13(4)15(5)11-10-14-9-8-12(2)3/h12-14H,6-11H2,1-5H3. The van der Waals surface area contributed by atoms with Crippen LogP contribution in [0.4, 0.5) is 0 Å². The van der Waals surface area contributed by atoms with Crippen LogP contribution in [0.15, 0.2) is 0 Å². The molecule has 1 atom stereocenters. The van der Waals surface area contributed by atoms with Crippen molar-refractivity contribution < 1.29 is 0 Å². The molecule has 0 fully saturated rings. The fraction of sp³-hybridized carbons (Fsp3) is 1.00. The molecule has 0 aliphatic rings. The summed E-state index contributed by atoms with van der Waals surface area (Å²) < 4.78 is 0. The van der Waals surface area contributed by atoms with E-state index in [0.717, 1.165) is 25.0 Å². The highest BCUT2D eigenvalue weighted by atomic mass is 15.1. The Labute approximate surface area is 96.4 Å². The molecule has 15 heavy (non-hydrogen) atoms. The molecule has 0 aromatic carbocycles. The highest BCUT2D eigenvalue weighted by molar-refractivity contribution is 4.63. The molecule has 0 saturated carbocycles. The van der Waals surface area contributed by atoms with Crippen molar-refractivity contribution in [3.05, 3.63) is 0 Å². The van der Waals surface area contributed by atoms with Crippen LogP contribution in [0.2, 0.25) is 0 Å². The van der Waals surface area contributed by atoms with Gasteiger partial charge in [-0.05, 0) is 39.3 Å². The molecule has 0 heterocycles. The average molecular weight is 214 g/mol. The molecule has 0 saturated heterocycles. The summed E-state index contributed by atoms with van der Waals surface area (Å²) in [6.45, 7) is 12.6. The van der Waals surface area contributed by atoms with Gasteiger partial charge in [0.15, 0.2) is 0 Å². The molecule has 0 aliphatic carbocycles. The van der Waals surface area contributed by atoms with Crippen LogP contribution >= 0.6 is 0 Å². The van der Waals surface area contributed by atoms with Crippen LogP contribution in [0.5, 0.6) is 0 Å². The number of hydrogen-bond donors (Lipinski definition) is 1. The highest BCUT2D eigenvalue weighted by Gasteiger charge is 2.06. The van der Waals surface area contributed by atoms with Crippen LogP contribution in [-0.4, -0.2) is 37.6 Å². The van der Waals surface area contributed by atoms with Gasteiger partial charge in [-0.3, -0.25) is 0 Å². The van der Waals surface area contributed by atoms with Crippen molar-refractivity contribution in [1.82, 2.24) is 10.2 Å². The predicted molar refractivity (Wildman–Crippen MR) is 69.3 cm³/mol. The van der Waals surface area contributed by atoms with E-state index in [4.69, 9.17) is 0 Å². The largest absolute Gasteiger partial charge is 0.315 e. The van der Waals surface area contributed by atoms with Gasteiger partial charge >= 0.3 is 0 Å². The minimum Gasteiger partial charge on any atom is -0.315 e. The monoisotopic (exact) mass is 214 g/mol. The van der Waals surface area contributed by atoms with Crippen molar-refractivity contribution in [2.24, 2.45) is 5.92 Å². The third kappa shape index (κ3) is 8.88. The van der Waals surface area contributed by atoms with Gasteiger partial charge in [0.1, 0.15) is 0 Å². The van der Waals surface area contributed by atoms with Gasteiger partial charge in [0, 0.05) is 19.1 Å². The summed E-state index contributed by atoms with van der Waals surface area (Å²) in [5, 5.41) is 3.50. The van der Waals surface area contributed by atoms with E-state index in [1.807, 2.05) is 0 Å². The summed E-state index contributed by atoms with van der Waals surface area (Å²) in [7, 11) is 2.23. The van der Waals surface area contributed by atoms with Gasteiger partial charge in [-0.15, -0.1) is 0 Å². The maximum atomic E-state index is 3.50. The molecule has 2 nitrogen and oxygen atoms in total. The second-order valence-corrected chi connectivity index (χ2v) is 5.05. The molecule has 0 amide bonds. The molecule has 0 aliphatic heterocycles. The van der Waals surface area contributed by atoms with Crippen molar-refractivity contribution in [2.75, 3.05) is 26.7 Å². The van der Waals surface area contributed by atoms with E-state index >= 15 is 0 Å². The molecular weight excluding hydrogens is 184 g/mol. The van der Waals surface area contributed by atoms with Gasteiger partial charge in [-0.2, -0.15) is 0 Å². The van der Waals surface area contributed by atoms with Gasteiger partial charge in [0.2, 0.25) is 0 Å². The molecule has 0 spiro atoms. The topological polar surface area (TPSA) is 15.3 Å². The van der Waals surface area contributed by atoms with Gasteiger partial charge in [0.05, 0.1) is 0 Å². The van der Waals surface area contributed by atoms with E-state index in [0.29, 0.717) is 0 Å². The lowest BCUT2D eigenvalue weighted by atomic mass is 10.1. The fourth-order valence-electron chi connectivity index (χ4n) is 1.63. The second kappa shape index (κ2) is 9.17. The molecule has 0 radical (unpaired) electrons. The van der Waals surface area contributed by atoms with E-state index in [-0.39, 0.29) is 0 Å². The quantitative estimate of drug-likeness (QED) is 0.594. The van der Waals surface area contributed by atoms with Gasteiger partial charge in [-0.25, -0.2) is 0 Å². The number of nitrogens with one attached hydrogen (secondary N) is 1. The summed E-state index contributed by atoms with van der Waals surface area (Å²) in [4.78, 5) is 2.45. The van der Waals surface area contributed by atoms with E-state index in [1.165, 1.54) is 25.8 Å². The summed E-state index contributed by atoms with van der Waals surface area (Å²) in [6, 6.07) is 0.724. The Kier molecular flexibility index (Phi) is 9.12. The van der Waals surface area contributed by atoms with Crippen LogP contribution in [-0.2, 0) is 0 Å². The number of rotatable bonds is 9. The third-order valence-corrected chi connectivity index (χ3v) is 3.00.